The molecule has 1 atom stereocenters. The number of nitrogens with zero attached hydrogens (tertiary/aromatic N) is 1. The van der Waals surface area contributed by atoms with Gasteiger partial charge in [0.15, 0.2) is 0 Å². The minimum atomic E-state index is -0.653. The normalized spacial score (nSPS) is 10.6. The third-order valence-corrected chi connectivity index (χ3v) is 1.66. The standard InChI is InChI=1S/C11H13NO5/c1-3-10(14)16-6-5-9(7-12-8-13)17-11(15)4-2/h3-4,9H,1-2,5-7H2. The number of carbonyl (C=O) groups is 2. The van der Waals surface area contributed by atoms with Crippen LogP contribution in [-0.4, -0.2) is 37.3 Å². The highest BCUT2D eigenvalue weighted by molar-refractivity contribution is 5.81. The summed E-state index contributed by atoms with van der Waals surface area (Å²) in [4.78, 5) is 34.9. The Labute approximate surface area is 98.6 Å². The number of ether oxygens (including phenoxy) is 2. The molecular formula is C11H13NO5. The topological polar surface area (TPSA) is 82.0 Å². The van der Waals surface area contributed by atoms with Gasteiger partial charge in [-0.05, 0) is 0 Å². The van der Waals surface area contributed by atoms with Crippen LogP contribution in [0.3, 0.4) is 0 Å². The smallest absolute Gasteiger partial charge is 0.330 e. The molecule has 0 spiro atoms. The van der Waals surface area contributed by atoms with Crippen molar-refractivity contribution in [3.8, 4) is 0 Å². The van der Waals surface area contributed by atoms with Gasteiger partial charge in [-0.1, -0.05) is 13.2 Å². The second kappa shape index (κ2) is 9.06. The molecule has 0 fully saturated rings. The number of carbonyl (C=O) groups excluding carboxylic acids is 3. The first-order valence-corrected chi connectivity index (χ1v) is 4.80. The first-order valence-electron chi connectivity index (χ1n) is 4.80. The Bertz CT molecular complexity index is 344. The Kier molecular flexibility index (Phi) is 7.88. The summed E-state index contributed by atoms with van der Waals surface area (Å²) < 4.78 is 9.57. The summed E-state index contributed by atoms with van der Waals surface area (Å²) >= 11 is 0. The fraction of sp³-hybridized carbons (Fsp3) is 0.364. The molecule has 0 aliphatic rings. The van der Waals surface area contributed by atoms with Gasteiger partial charge in [-0.2, -0.15) is 0 Å². The van der Waals surface area contributed by atoms with Gasteiger partial charge in [-0.25, -0.2) is 19.4 Å². The Balaban J connectivity index is 4.13. The molecule has 0 rings (SSSR count). The number of hydrogen-bond acceptors (Lipinski definition) is 6. The monoisotopic (exact) mass is 239 g/mol. The van der Waals surface area contributed by atoms with Gasteiger partial charge in [-0.3, -0.25) is 0 Å². The van der Waals surface area contributed by atoms with Crippen LogP contribution in [0.5, 0.6) is 0 Å². The lowest BCUT2D eigenvalue weighted by Gasteiger charge is -2.13. The zero-order valence-corrected chi connectivity index (χ0v) is 9.26. The summed E-state index contributed by atoms with van der Waals surface area (Å²) in [5.74, 6) is -1.20. The van der Waals surface area contributed by atoms with Crippen LogP contribution < -0.4 is 0 Å². The van der Waals surface area contributed by atoms with Crippen molar-refractivity contribution in [2.45, 2.75) is 12.5 Å². The van der Waals surface area contributed by atoms with E-state index in [9.17, 15) is 14.4 Å². The third-order valence-electron chi connectivity index (χ3n) is 1.66. The quantitative estimate of drug-likeness (QED) is 0.267. The number of isocyanates is 1. The maximum absolute atomic E-state index is 10.9. The van der Waals surface area contributed by atoms with Crippen molar-refractivity contribution in [3.63, 3.8) is 0 Å². The zero-order valence-electron chi connectivity index (χ0n) is 9.26. The lowest BCUT2D eigenvalue weighted by molar-refractivity contribution is -0.144. The highest BCUT2D eigenvalue weighted by atomic mass is 16.6. The minimum absolute atomic E-state index is 0.0330. The summed E-state index contributed by atoms with van der Waals surface area (Å²) in [6.07, 6.45) is 2.92. The molecule has 0 aromatic rings. The fourth-order valence-corrected chi connectivity index (χ4v) is 0.889. The number of aliphatic imine (C=N–C) groups is 1. The van der Waals surface area contributed by atoms with Crippen molar-refractivity contribution < 1.29 is 23.9 Å². The van der Waals surface area contributed by atoms with Crippen molar-refractivity contribution in [2.75, 3.05) is 13.2 Å². The predicted octanol–water partition coefficient (Wildman–Crippen LogP) is 0.539. The fourth-order valence-electron chi connectivity index (χ4n) is 0.889. The van der Waals surface area contributed by atoms with Gasteiger partial charge < -0.3 is 9.47 Å². The SMILES string of the molecule is C=CC(=O)OCCC(CN=C=O)OC(=O)C=C. The van der Waals surface area contributed by atoms with Gasteiger partial charge in [0.1, 0.15) is 6.10 Å². The summed E-state index contributed by atoms with van der Waals surface area (Å²) in [5.41, 5.74) is 0. The van der Waals surface area contributed by atoms with Crippen LogP contribution >= 0.6 is 0 Å². The molecule has 0 aliphatic carbocycles. The second-order valence-corrected chi connectivity index (χ2v) is 2.86. The molecule has 0 bridgehead atoms. The highest BCUT2D eigenvalue weighted by Gasteiger charge is 2.13. The molecule has 0 amide bonds. The summed E-state index contributed by atoms with van der Waals surface area (Å²) in [7, 11) is 0. The van der Waals surface area contributed by atoms with Gasteiger partial charge in [0.2, 0.25) is 6.08 Å². The first kappa shape index (κ1) is 14.8. The molecule has 0 radical (unpaired) electrons. The van der Waals surface area contributed by atoms with Gasteiger partial charge in [-0.15, -0.1) is 0 Å². The Morgan fingerprint density at radius 2 is 1.94 bits per heavy atom. The van der Waals surface area contributed by atoms with Gasteiger partial charge in [0, 0.05) is 18.6 Å². The molecule has 6 nitrogen and oxygen atoms in total. The van der Waals surface area contributed by atoms with Crippen LogP contribution in [0.2, 0.25) is 0 Å². The molecule has 6 heteroatoms. The molecule has 0 N–H and O–H groups in total. The van der Waals surface area contributed by atoms with E-state index < -0.39 is 18.0 Å². The van der Waals surface area contributed by atoms with Crippen LogP contribution in [0.1, 0.15) is 6.42 Å². The van der Waals surface area contributed by atoms with E-state index in [0.717, 1.165) is 12.2 Å². The molecule has 0 heterocycles. The van der Waals surface area contributed by atoms with Crippen LogP contribution in [0, 0.1) is 0 Å². The Morgan fingerprint density at radius 3 is 2.47 bits per heavy atom. The van der Waals surface area contributed by atoms with Crippen molar-refractivity contribution in [3.05, 3.63) is 25.3 Å². The lowest BCUT2D eigenvalue weighted by atomic mass is 10.2. The molecule has 92 valence electrons. The van der Waals surface area contributed by atoms with E-state index in [1.807, 2.05) is 0 Å². The van der Waals surface area contributed by atoms with Crippen molar-refractivity contribution in [1.29, 1.82) is 0 Å². The van der Waals surface area contributed by atoms with Crippen molar-refractivity contribution in [2.24, 2.45) is 4.99 Å². The third kappa shape index (κ3) is 7.70. The van der Waals surface area contributed by atoms with E-state index >= 15 is 0 Å². The number of esters is 2. The van der Waals surface area contributed by atoms with Gasteiger partial charge in [0.05, 0.1) is 13.2 Å². The highest BCUT2D eigenvalue weighted by Crippen LogP contribution is 2.01. The molecule has 0 aliphatic heterocycles. The average Bonchev–Trinajstić information content (AvgIpc) is 2.34. The van der Waals surface area contributed by atoms with Crippen LogP contribution in [0.25, 0.3) is 0 Å². The minimum Gasteiger partial charge on any atom is -0.462 e. The molecular weight excluding hydrogens is 226 g/mol. The molecule has 0 saturated carbocycles. The Hall–Kier alpha value is -2.20. The molecule has 17 heavy (non-hydrogen) atoms. The summed E-state index contributed by atoms with van der Waals surface area (Å²) in [5, 5.41) is 0. The van der Waals surface area contributed by atoms with Crippen molar-refractivity contribution in [1.82, 2.24) is 0 Å². The van der Waals surface area contributed by atoms with E-state index in [-0.39, 0.29) is 19.6 Å². The van der Waals surface area contributed by atoms with Crippen LogP contribution in [0.4, 0.5) is 0 Å². The average molecular weight is 239 g/mol. The Morgan fingerprint density at radius 1 is 1.29 bits per heavy atom. The van der Waals surface area contributed by atoms with E-state index in [2.05, 4.69) is 18.2 Å². The van der Waals surface area contributed by atoms with Gasteiger partial charge in [0.25, 0.3) is 0 Å². The number of hydrogen-bond donors (Lipinski definition) is 0. The second-order valence-electron chi connectivity index (χ2n) is 2.86. The maximum atomic E-state index is 10.9. The van der Waals surface area contributed by atoms with Crippen LogP contribution in [-0.2, 0) is 23.9 Å². The molecule has 1 unspecified atom stereocenters. The molecule has 0 saturated heterocycles. The molecule has 0 aromatic carbocycles. The van der Waals surface area contributed by atoms with E-state index in [0.29, 0.717) is 0 Å². The summed E-state index contributed by atoms with van der Waals surface area (Å²) in [6, 6.07) is 0. The van der Waals surface area contributed by atoms with E-state index in [1.165, 1.54) is 6.08 Å². The molecule has 0 aromatic heterocycles. The first-order chi connectivity index (χ1) is 8.13. The van der Waals surface area contributed by atoms with E-state index in [1.54, 1.807) is 0 Å². The van der Waals surface area contributed by atoms with Gasteiger partial charge >= 0.3 is 11.9 Å². The van der Waals surface area contributed by atoms with Crippen LogP contribution in [0.15, 0.2) is 30.3 Å². The maximum Gasteiger partial charge on any atom is 0.330 e. The lowest BCUT2D eigenvalue weighted by Crippen LogP contribution is -2.22. The largest absolute Gasteiger partial charge is 0.462 e. The van der Waals surface area contributed by atoms with E-state index in [4.69, 9.17) is 9.47 Å². The number of rotatable bonds is 8. The summed E-state index contributed by atoms with van der Waals surface area (Å²) in [6.45, 7) is 6.46. The predicted molar refractivity (Wildman–Crippen MR) is 58.8 cm³/mol. The zero-order chi connectivity index (χ0) is 13.1. The van der Waals surface area contributed by atoms with Crippen molar-refractivity contribution >= 4 is 18.0 Å².